The molecule has 0 fully saturated rings. The first kappa shape index (κ1) is 23.0. The number of allylic oxidation sites excluding steroid dienone is 3. The number of nitrogens with two attached hydrogens (primary N) is 2. The number of alkyl carbamates (subject to hydrolysis) is 1. The van der Waals surface area contributed by atoms with Gasteiger partial charge in [0.2, 0.25) is 0 Å². The highest BCUT2D eigenvalue weighted by atomic mass is 16.6. The van der Waals surface area contributed by atoms with E-state index in [0.29, 0.717) is 6.42 Å². The molecule has 3 amide bonds. The van der Waals surface area contributed by atoms with Gasteiger partial charge in [0.25, 0.3) is 0 Å². The first-order valence-electron chi connectivity index (χ1n) is 7.98. The second-order valence-electron chi connectivity index (χ2n) is 5.47. The number of ether oxygens (including phenoxy) is 3. The predicted molar refractivity (Wildman–Crippen MR) is 96.2 cm³/mol. The number of carbonyl (C=O) groups excluding carboxylic acids is 3. The zero-order valence-electron chi connectivity index (χ0n) is 15.2. The molecule has 0 aliphatic heterocycles. The fourth-order valence-corrected chi connectivity index (χ4v) is 1.74. The van der Waals surface area contributed by atoms with E-state index in [2.05, 4.69) is 11.9 Å². The summed E-state index contributed by atoms with van der Waals surface area (Å²) >= 11 is 0. The summed E-state index contributed by atoms with van der Waals surface area (Å²) in [5.41, 5.74) is 9.77. The van der Waals surface area contributed by atoms with Gasteiger partial charge in [0.1, 0.15) is 19.8 Å². The van der Waals surface area contributed by atoms with Crippen LogP contribution in [0.5, 0.6) is 0 Å². The summed E-state index contributed by atoms with van der Waals surface area (Å²) in [7, 11) is 0. The zero-order chi connectivity index (χ0) is 20.0. The van der Waals surface area contributed by atoms with Gasteiger partial charge in [-0.15, -0.1) is 0 Å². The van der Waals surface area contributed by atoms with Crippen LogP contribution in [-0.2, 0) is 14.2 Å². The molecule has 0 radical (unpaired) electrons. The maximum absolute atomic E-state index is 11.9. The van der Waals surface area contributed by atoms with Gasteiger partial charge in [-0.25, -0.2) is 14.4 Å². The van der Waals surface area contributed by atoms with E-state index in [4.69, 9.17) is 25.7 Å². The predicted octanol–water partition coefficient (Wildman–Crippen LogP) is 1.99. The van der Waals surface area contributed by atoms with E-state index in [0.717, 1.165) is 5.57 Å². The molecule has 5 N–H and O–H groups in total. The molecule has 0 spiro atoms. The molecule has 0 aromatic heterocycles. The summed E-state index contributed by atoms with van der Waals surface area (Å²) in [5.74, 6) is 0. The highest BCUT2D eigenvalue weighted by molar-refractivity contribution is 5.68. The second-order valence-corrected chi connectivity index (χ2v) is 5.47. The highest BCUT2D eigenvalue weighted by Crippen LogP contribution is 2.24. The Balaban J connectivity index is 4.78. The van der Waals surface area contributed by atoms with Crippen LogP contribution in [0.25, 0.3) is 0 Å². The van der Waals surface area contributed by atoms with Crippen molar-refractivity contribution in [3.8, 4) is 0 Å². The number of rotatable bonds is 11. The Kier molecular flexibility index (Phi) is 11.0. The van der Waals surface area contributed by atoms with E-state index in [9.17, 15) is 14.4 Å². The quantitative estimate of drug-likeness (QED) is 0.375. The molecule has 0 aliphatic carbocycles. The molecule has 0 saturated carbocycles. The van der Waals surface area contributed by atoms with Crippen LogP contribution in [0.2, 0.25) is 0 Å². The van der Waals surface area contributed by atoms with E-state index in [1.165, 1.54) is 0 Å². The van der Waals surface area contributed by atoms with E-state index in [-0.39, 0.29) is 26.4 Å². The van der Waals surface area contributed by atoms with Gasteiger partial charge in [-0.1, -0.05) is 37.8 Å². The van der Waals surface area contributed by atoms with Crippen molar-refractivity contribution in [1.82, 2.24) is 5.32 Å². The topological polar surface area (TPSA) is 143 Å². The van der Waals surface area contributed by atoms with Crippen LogP contribution in [0.1, 0.15) is 20.3 Å². The number of primary amides is 2. The lowest BCUT2D eigenvalue weighted by Crippen LogP contribution is -2.41. The third-order valence-electron chi connectivity index (χ3n) is 3.50. The molecule has 0 rings (SSSR count). The fourth-order valence-electron chi connectivity index (χ4n) is 1.74. The summed E-state index contributed by atoms with van der Waals surface area (Å²) in [6.45, 7) is 6.94. The largest absolute Gasteiger partial charge is 0.449 e. The smallest absolute Gasteiger partial charge is 0.407 e. The summed E-state index contributed by atoms with van der Waals surface area (Å²) < 4.78 is 14.7. The van der Waals surface area contributed by atoms with Crippen molar-refractivity contribution in [1.29, 1.82) is 0 Å². The molecule has 0 aromatic carbocycles. The van der Waals surface area contributed by atoms with Gasteiger partial charge in [-0.2, -0.15) is 0 Å². The van der Waals surface area contributed by atoms with Crippen LogP contribution in [0.15, 0.2) is 36.5 Å². The van der Waals surface area contributed by atoms with Crippen LogP contribution >= 0.6 is 0 Å². The Hall–Kier alpha value is -2.97. The minimum Gasteiger partial charge on any atom is -0.449 e. The summed E-state index contributed by atoms with van der Waals surface area (Å²) in [5, 5.41) is 2.57. The lowest BCUT2D eigenvalue weighted by molar-refractivity contribution is -0.0143. The molecule has 0 aromatic rings. The molecule has 0 bridgehead atoms. The van der Waals surface area contributed by atoms with Crippen molar-refractivity contribution < 1.29 is 28.6 Å². The molecule has 0 unspecified atom stereocenters. The van der Waals surface area contributed by atoms with Gasteiger partial charge in [0.15, 0.2) is 0 Å². The standard InChI is InChI=1S/C17H27N3O6/c1-4-7-8-13(5-2)9-20-16(23)26-12-17(6-3,10-24-14(18)21)11-25-15(19)22/h4-5,7-8H,2,6,9-12H2,1,3H3,(H2,18,21)(H2,19,22)(H,20,23)/b7-4-,13-8+. The van der Waals surface area contributed by atoms with E-state index >= 15 is 0 Å². The molecule has 0 atom stereocenters. The summed E-state index contributed by atoms with van der Waals surface area (Å²) in [6, 6.07) is 0. The number of nitrogens with one attached hydrogen (secondary N) is 1. The monoisotopic (exact) mass is 369 g/mol. The van der Waals surface area contributed by atoms with Gasteiger partial charge < -0.3 is 31.0 Å². The number of hydrogen-bond acceptors (Lipinski definition) is 6. The van der Waals surface area contributed by atoms with E-state index < -0.39 is 23.7 Å². The molecule has 0 aliphatic rings. The fraction of sp³-hybridized carbons (Fsp3) is 0.471. The molecule has 9 nitrogen and oxygen atoms in total. The first-order valence-corrected chi connectivity index (χ1v) is 7.98. The van der Waals surface area contributed by atoms with Gasteiger partial charge in [0, 0.05) is 6.54 Å². The lowest BCUT2D eigenvalue weighted by atomic mass is 9.88. The minimum absolute atomic E-state index is 0.169. The summed E-state index contributed by atoms with van der Waals surface area (Å²) in [6.07, 6.45) is 4.77. The number of carbonyl (C=O) groups is 3. The van der Waals surface area contributed by atoms with Crippen LogP contribution in [0.3, 0.4) is 0 Å². The Morgan fingerprint density at radius 3 is 2.04 bits per heavy atom. The molecule has 146 valence electrons. The molecule has 0 heterocycles. The third kappa shape index (κ3) is 10.0. The molecular formula is C17H27N3O6. The van der Waals surface area contributed by atoms with Crippen molar-refractivity contribution >= 4 is 18.3 Å². The van der Waals surface area contributed by atoms with Crippen molar-refractivity contribution in [2.45, 2.75) is 20.3 Å². The second kappa shape index (κ2) is 12.4. The zero-order valence-corrected chi connectivity index (χ0v) is 15.2. The Morgan fingerprint density at radius 2 is 1.62 bits per heavy atom. The maximum Gasteiger partial charge on any atom is 0.407 e. The third-order valence-corrected chi connectivity index (χ3v) is 3.50. The normalized spacial score (nSPS) is 11.7. The lowest BCUT2D eigenvalue weighted by Gasteiger charge is -2.30. The molecular weight excluding hydrogens is 342 g/mol. The van der Waals surface area contributed by atoms with Crippen LogP contribution in [0.4, 0.5) is 14.4 Å². The highest BCUT2D eigenvalue weighted by Gasteiger charge is 2.33. The SMILES string of the molecule is C=C/C(=C\C=C/C)CNC(=O)OCC(CC)(COC(N)=O)COC(N)=O. The number of hydrogen-bond donors (Lipinski definition) is 3. The molecule has 9 heteroatoms. The van der Waals surface area contributed by atoms with Crippen molar-refractivity contribution in [2.75, 3.05) is 26.4 Å². The van der Waals surface area contributed by atoms with E-state index in [1.54, 1.807) is 19.1 Å². The maximum atomic E-state index is 11.9. The first-order chi connectivity index (χ1) is 12.3. The Morgan fingerprint density at radius 1 is 1.08 bits per heavy atom. The number of amides is 3. The average molecular weight is 369 g/mol. The van der Waals surface area contributed by atoms with Crippen molar-refractivity contribution in [3.05, 3.63) is 36.5 Å². The Labute approximate surface area is 153 Å². The molecule has 0 saturated heterocycles. The van der Waals surface area contributed by atoms with Crippen molar-refractivity contribution in [2.24, 2.45) is 16.9 Å². The van der Waals surface area contributed by atoms with Crippen molar-refractivity contribution in [3.63, 3.8) is 0 Å². The van der Waals surface area contributed by atoms with Gasteiger partial charge in [-0.3, -0.25) is 0 Å². The minimum atomic E-state index is -0.990. The van der Waals surface area contributed by atoms with Crippen LogP contribution < -0.4 is 16.8 Å². The Bertz CT molecular complexity index is 539. The van der Waals surface area contributed by atoms with Gasteiger partial charge in [-0.05, 0) is 18.9 Å². The van der Waals surface area contributed by atoms with Crippen LogP contribution in [0, 0.1) is 5.41 Å². The molecule has 26 heavy (non-hydrogen) atoms. The van der Waals surface area contributed by atoms with Gasteiger partial charge >= 0.3 is 18.3 Å². The average Bonchev–Trinajstić information content (AvgIpc) is 2.61. The van der Waals surface area contributed by atoms with Crippen LogP contribution in [-0.4, -0.2) is 44.6 Å². The summed E-state index contributed by atoms with van der Waals surface area (Å²) in [4.78, 5) is 33.6. The van der Waals surface area contributed by atoms with E-state index in [1.807, 2.05) is 19.1 Å². The van der Waals surface area contributed by atoms with Gasteiger partial charge in [0.05, 0.1) is 5.41 Å².